The lowest BCUT2D eigenvalue weighted by Crippen LogP contribution is -2.36. The van der Waals surface area contributed by atoms with Crippen LogP contribution in [0.15, 0.2) is 204 Å². The second-order valence-electron chi connectivity index (χ2n) is 13.6. The van der Waals surface area contributed by atoms with E-state index in [1.165, 1.54) is 77.0 Å². The highest BCUT2D eigenvalue weighted by atomic mass is 32.2. The van der Waals surface area contributed by atoms with E-state index >= 15 is 0 Å². The molecule has 3 heteroatoms. The normalized spacial score (nSPS) is 14.2. The fourth-order valence-electron chi connectivity index (χ4n) is 9.02. The van der Waals surface area contributed by atoms with Gasteiger partial charge in [0.25, 0.3) is 0 Å². The summed E-state index contributed by atoms with van der Waals surface area (Å²) in [5.74, 6) is 0. The van der Waals surface area contributed by atoms with Crippen LogP contribution in [0.3, 0.4) is 0 Å². The van der Waals surface area contributed by atoms with Gasteiger partial charge in [0.2, 0.25) is 0 Å². The molecule has 0 atom stereocenters. The molecule has 2 heterocycles. The van der Waals surface area contributed by atoms with Crippen molar-refractivity contribution >= 4 is 45.9 Å². The Morgan fingerprint density at radius 1 is 0.327 bits per heavy atom. The number of para-hydroxylation sites is 5. The Kier molecular flexibility index (Phi) is 6.43. The zero-order valence-corrected chi connectivity index (χ0v) is 29.1. The number of fused-ring (bicyclic) bond motifs is 11. The van der Waals surface area contributed by atoms with E-state index in [0.29, 0.717) is 0 Å². The second kappa shape index (κ2) is 11.4. The molecule has 0 saturated carbocycles. The molecule has 52 heavy (non-hydrogen) atoms. The summed E-state index contributed by atoms with van der Waals surface area (Å²) in [7, 11) is 0. The lowest BCUT2D eigenvalue weighted by atomic mass is 9.64. The molecule has 0 N–H and O–H groups in total. The highest BCUT2D eigenvalue weighted by Crippen LogP contribution is 2.64. The Morgan fingerprint density at radius 2 is 0.788 bits per heavy atom. The molecule has 1 spiro atoms. The van der Waals surface area contributed by atoms with E-state index in [4.69, 9.17) is 0 Å². The summed E-state index contributed by atoms with van der Waals surface area (Å²) in [6.07, 6.45) is 0. The average Bonchev–Trinajstić information content (AvgIpc) is 3.51. The molecule has 0 radical (unpaired) electrons. The van der Waals surface area contributed by atoms with Gasteiger partial charge in [-0.25, -0.2) is 0 Å². The summed E-state index contributed by atoms with van der Waals surface area (Å²) >= 11 is 1.84. The van der Waals surface area contributed by atoms with Crippen molar-refractivity contribution in [1.82, 2.24) is 0 Å². The Morgan fingerprint density at radius 3 is 1.44 bits per heavy atom. The number of hydrogen-bond acceptors (Lipinski definition) is 3. The van der Waals surface area contributed by atoms with Crippen molar-refractivity contribution in [2.75, 3.05) is 9.80 Å². The van der Waals surface area contributed by atoms with Crippen molar-refractivity contribution in [1.29, 1.82) is 0 Å². The van der Waals surface area contributed by atoms with Crippen molar-refractivity contribution in [3.05, 3.63) is 216 Å². The quantitative estimate of drug-likeness (QED) is 0.183. The summed E-state index contributed by atoms with van der Waals surface area (Å²) in [5.41, 5.74) is 17.1. The molecule has 2 aliphatic heterocycles. The highest BCUT2D eigenvalue weighted by molar-refractivity contribution is 7.99. The van der Waals surface area contributed by atoms with Crippen molar-refractivity contribution in [3.63, 3.8) is 0 Å². The first kappa shape index (κ1) is 29.4. The molecule has 0 fully saturated rings. The van der Waals surface area contributed by atoms with Gasteiger partial charge in [-0.3, -0.25) is 0 Å². The minimum Gasteiger partial charge on any atom is -0.310 e. The third-order valence-electron chi connectivity index (χ3n) is 11.0. The van der Waals surface area contributed by atoms with Crippen LogP contribution in [0.25, 0.3) is 22.3 Å². The van der Waals surface area contributed by atoms with Gasteiger partial charge in [0.1, 0.15) is 0 Å². The maximum absolute atomic E-state index is 2.44. The van der Waals surface area contributed by atoms with Gasteiger partial charge >= 0.3 is 0 Å². The van der Waals surface area contributed by atoms with E-state index in [2.05, 4.69) is 204 Å². The van der Waals surface area contributed by atoms with Gasteiger partial charge in [-0.15, -0.1) is 0 Å². The molecule has 0 aromatic heterocycles. The lowest BCUT2D eigenvalue weighted by molar-refractivity contribution is 0.753. The van der Waals surface area contributed by atoms with E-state index in [1.54, 1.807) is 0 Å². The van der Waals surface area contributed by atoms with Gasteiger partial charge in [-0.2, -0.15) is 0 Å². The molecule has 0 unspecified atom stereocenters. The summed E-state index contributed by atoms with van der Waals surface area (Å²) in [6.45, 7) is 0. The standard InChI is InChI=1S/C49H32N2S/c1-2-15-34(16-3-1)50-42-23-8-6-20-39(42)49(40-21-7-9-24-43(40)50)38-19-5-4-17-37(38)48-36(18-14-22-41(48)49)33-29-31-35(32-30-33)51-44-25-10-12-27-46(44)52-47-28-13-11-26-45(47)51/h1-32H. The maximum atomic E-state index is 2.44. The molecule has 2 nitrogen and oxygen atoms in total. The van der Waals surface area contributed by atoms with Crippen LogP contribution in [0.4, 0.5) is 34.1 Å². The van der Waals surface area contributed by atoms with E-state index in [1.807, 2.05) is 11.8 Å². The molecule has 1 aliphatic carbocycles. The topological polar surface area (TPSA) is 6.48 Å². The molecule has 0 bridgehead atoms. The Bertz CT molecular complexity index is 2590. The van der Waals surface area contributed by atoms with Crippen molar-refractivity contribution in [2.24, 2.45) is 0 Å². The predicted molar refractivity (Wildman–Crippen MR) is 216 cm³/mol. The zero-order valence-electron chi connectivity index (χ0n) is 28.3. The number of rotatable bonds is 3. The Balaban J connectivity index is 1.12. The first-order valence-electron chi connectivity index (χ1n) is 17.9. The first-order valence-corrected chi connectivity index (χ1v) is 18.7. The van der Waals surface area contributed by atoms with Crippen LogP contribution < -0.4 is 9.80 Å². The molecular weight excluding hydrogens is 649 g/mol. The Labute approximate surface area is 308 Å². The number of benzene rings is 8. The van der Waals surface area contributed by atoms with Crippen LogP contribution in [-0.4, -0.2) is 0 Å². The van der Waals surface area contributed by atoms with Gasteiger partial charge < -0.3 is 9.80 Å². The summed E-state index contributed by atoms with van der Waals surface area (Å²) < 4.78 is 0. The van der Waals surface area contributed by atoms with Crippen LogP contribution in [0.5, 0.6) is 0 Å². The van der Waals surface area contributed by atoms with Gasteiger partial charge in [-0.1, -0.05) is 145 Å². The fraction of sp³-hybridized carbons (Fsp3) is 0.0204. The van der Waals surface area contributed by atoms with Gasteiger partial charge in [0.05, 0.1) is 28.2 Å². The van der Waals surface area contributed by atoms with Crippen molar-refractivity contribution < 1.29 is 0 Å². The van der Waals surface area contributed by atoms with Crippen LogP contribution in [0.1, 0.15) is 22.3 Å². The fourth-order valence-corrected chi connectivity index (χ4v) is 10.1. The minimum atomic E-state index is -0.473. The largest absolute Gasteiger partial charge is 0.310 e. The van der Waals surface area contributed by atoms with E-state index in [0.717, 1.165) is 11.4 Å². The summed E-state index contributed by atoms with van der Waals surface area (Å²) in [4.78, 5) is 7.38. The molecule has 0 saturated heterocycles. The van der Waals surface area contributed by atoms with E-state index in [9.17, 15) is 0 Å². The summed E-state index contributed by atoms with van der Waals surface area (Å²) in [5, 5.41) is 0. The molecule has 244 valence electrons. The number of nitrogens with zero attached hydrogens (tertiary/aromatic N) is 2. The number of anilines is 6. The first-order chi connectivity index (χ1) is 25.8. The van der Waals surface area contributed by atoms with Gasteiger partial charge in [-0.05, 0) is 105 Å². The van der Waals surface area contributed by atoms with Gasteiger partial charge in [0, 0.05) is 21.2 Å². The summed E-state index contributed by atoms with van der Waals surface area (Å²) in [6, 6.07) is 71.5. The zero-order chi connectivity index (χ0) is 34.2. The minimum absolute atomic E-state index is 0.473. The Hall–Kier alpha value is -6.29. The highest BCUT2D eigenvalue weighted by Gasteiger charge is 2.52. The number of hydrogen-bond donors (Lipinski definition) is 0. The van der Waals surface area contributed by atoms with Crippen molar-refractivity contribution in [2.45, 2.75) is 15.2 Å². The third kappa shape index (κ3) is 4.03. The average molecular weight is 681 g/mol. The van der Waals surface area contributed by atoms with E-state index < -0.39 is 5.41 Å². The van der Waals surface area contributed by atoms with Crippen LogP contribution >= 0.6 is 11.8 Å². The lowest BCUT2D eigenvalue weighted by Gasteiger charge is -2.45. The maximum Gasteiger partial charge on any atom is 0.0754 e. The van der Waals surface area contributed by atoms with Crippen molar-refractivity contribution in [3.8, 4) is 22.3 Å². The SMILES string of the molecule is c1ccc(N2c3ccccc3C3(c4ccccc4-c4c(-c5ccc(N6c7ccccc7Sc7ccccc76)cc5)cccc43)c3ccccc32)cc1. The molecule has 0 amide bonds. The molecule has 8 aromatic rings. The smallest absolute Gasteiger partial charge is 0.0754 e. The van der Waals surface area contributed by atoms with E-state index in [-0.39, 0.29) is 0 Å². The third-order valence-corrected chi connectivity index (χ3v) is 12.2. The monoisotopic (exact) mass is 680 g/mol. The molecule has 11 rings (SSSR count). The second-order valence-corrected chi connectivity index (χ2v) is 14.7. The predicted octanol–water partition coefficient (Wildman–Crippen LogP) is 13.4. The van der Waals surface area contributed by atoms with Crippen LogP contribution in [0, 0.1) is 0 Å². The van der Waals surface area contributed by atoms with Crippen LogP contribution in [0.2, 0.25) is 0 Å². The molecule has 8 aromatic carbocycles. The molecule has 3 aliphatic rings. The van der Waals surface area contributed by atoms with Gasteiger partial charge in [0.15, 0.2) is 0 Å². The molecular formula is C49H32N2S. The van der Waals surface area contributed by atoms with Crippen LogP contribution in [-0.2, 0) is 5.41 Å².